The van der Waals surface area contributed by atoms with Crippen molar-refractivity contribution < 1.29 is 27.9 Å². The molecule has 234 valence electrons. The zero-order chi connectivity index (χ0) is 32.0. The Kier molecular flexibility index (Phi) is 9.10. The molecule has 3 aromatic carbocycles. The minimum atomic E-state index is -0.426. The van der Waals surface area contributed by atoms with Gasteiger partial charge in [-0.15, -0.1) is 10.2 Å². The molecule has 0 aliphatic carbocycles. The van der Waals surface area contributed by atoms with Gasteiger partial charge in [0.05, 0.1) is 50.2 Å². The number of ether oxygens (including phenoxy) is 2. The molecule has 13 heteroatoms. The van der Waals surface area contributed by atoms with Crippen molar-refractivity contribution in [3.8, 4) is 17.2 Å². The van der Waals surface area contributed by atoms with Gasteiger partial charge >= 0.3 is 0 Å². The number of aromatic nitrogens is 3. The van der Waals surface area contributed by atoms with Gasteiger partial charge in [-0.3, -0.25) is 14.2 Å². The van der Waals surface area contributed by atoms with E-state index in [1.807, 2.05) is 42.5 Å². The highest BCUT2D eigenvalue weighted by molar-refractivity contribution is 7.99. The molecule has 0 saturated heterocycles. The van der Waals surface area contributed by atoms with Crippen molar-refractivity contribution in [1.82, 2.24) is 25.1 Å². The monoisotopic (exact) mass is 640 g/mol. The number of carbonyl (C=O) groups is 2. The van der Waals surface area contributed by atoms with E-state index < -0.39 is 11.9 Å². The van der Waals surface area contributed by atoms with Crippen molar-refractivity contribution in [2.24, 2.45) is 5.10 Å². The Balaban J connectivity index is 1.27. The molecule has 1 N–H and O–H groups in total. The Morgan fingerprint density at radius 2 is 1.76 bits per heavy atom. The van der Waals surface area contributed by atoms with Crippen LogP contribution in [-0.2, 0) is 11.3 Å². The van der Waals surface area contributed by atoms with Gasteiger partial charge in [0, 0.05) is 6.42 Å². The summed E-state index contributed by atoms with van der Waals surface area (Å²) in [5.74, 6) is 0.783. The van der Waals surface area contributed by atoms with Gasteiger partial charge in [-0.1, -0.05) is 36.0 Å². The molecule has 1 aliphatic heterocycles. The van der Waals surface area contributed by atoms with Crippen LogP contribution in [0, 0.1) is 5.82 Å². The Bertz CT molecular complexity index is 1860. The van der Waals surface area contributed by atoms with E-state index in [-0.39, 0.29) is 29.8 Å². The highest BCUT2D eigenvalue weighted by Gasteiger charge is 2.33. The summed E-state index contributed by atoms with van der Waals surface area (Å²) in [4.78, 5) is 26.4. The summed E-state index contributed by atoms with van der Waals surface area (Å²) >= 11 is 1.18. The normalized spacial score (nSPS) is 14.2. The van der Waals surface area contributed by atoms with Crippen LogP contribution in [0.25, 0.3) is 5.69 Å². The molecular weight excluding hydrogens is 611 g/mol. The maximum absolute atomic E-state index is 13.8. The first-order valence-electron chi connectivity index (χ1n) is 14.3. The van der Waals surface area contributed by atoms with E-state index >= 15 is 0 Å². The third-order valence-corrected chi connectivity index (χ3v) is 8.26. The molecular formula is C33H29FN6O5S. The SMILES string of the molecule is COc1ccc(C2=NN(C(=O)CSc3nnc(CNC(=O)c4ccco4)n3-c3ccccc3OC)[C@H](c3ccc(F)cc3)C2)cc1. The number of rotatable bonds is 11. The Morgan fingerprint density at radius 1 is 0.978 bits per heavy atom. The summed E-state index contributed by atoms with van der Waals surface area (Å²) in [7, 11) is 3.15. The van der Waals surface area contributed by atoms with E-state index in [1.54, 1.807) is 49.1 Å². The minimum Gasteiger partial charge on any atom is -0.497 e. The fourth-order valence-electron chi connectivity index (χ4n) is 5.05. The first-order valence-corrected chi connectivity index (χ1v) is 15.3. The summed E-state index contributed by atoms with van der Waals surface area (Å²) in [5.41, 5.74) is 2.98. The molecule has 0 unspecified atom stereocenters. The fourth-order valence-corrected chi connectivity index (χ4v) is 5.87. The lowest BCUT2D eigenvalue weighted by Gasteiger charge is -2.22. The van der Waals surface area contributed by atoms with Gasteiger partial charge in [0.1, 0.15) is 17.3 Å². The van der Waals surface area contributed by atoms with Crippen LogP contribution in [0.1, 0.15) is 40.0 Å². The summed E-state index contributed by atoms with van der Waals surface area (Å²) in [5, 5.41) is 18.1. The van der Waals surface area contributed by atoms with Gasteiger partial charge in [-0.2, -0.15) is 5.10 Å². The van der Waals surface area contributed by atoms with Crippen LogP contribution in [0.4, 0.5) is 4.39 Å². The van der Waals surface area contributed by atoms with Gasteiger partial charge in [0.15, 0.2) is 16.7 Å². The molecule has 2 aromatic heterocycles. The Labute approximate surface area is 268 Å². The van der Waals surface area contributed by atoms with Crippen LogP contribution in [0.2, 0.25) is 0 Å². The Hall–Kier alpha value is -5.43. The summed E-state index contributed by atoms with van der Waals surface area (Å²) in [6, 6.07) is 23.6. The van der Waals surface area contributed by atoms with Gasteiger partial charge in [0.2, 0.25) is 0 Å². The summed E-state index contributed by atoms with van der Waals surface area (Å²) in [6.07, 6.45) is 1.87. The van der Waals surface area contributed by atoms with Crippen molar-refractivity contribution in [3.05, 3.63) is 120 Å². The summed E-state index contributed by atoms with van der Waals surface area (Å²) < 4.78 is 31.6. The number of thioether (sulfide) groups is 1. The molecule has 0 spiro atoms. The van der Waals surface area contributed by atoms with Crippen molar-refractivity contribution in [3.63, 3.8) is 0 Å². The van der Waals surface area contributed by atoms with Crippen LogP contribution in [0.15, 0.2) is 106 Å². The molecule has 2 amide bonds. The number of halogens is 1. The lowest BCUT2D eigenvalue weighted by atomic mass is 9.98. The number of hydrazone groups is 1. The van der Waals surface area contributed by atoms with Gasteiger partial charge in [0.25, 0.3) is 11.8 Å². The predicted octanol–water partition coefficient (Wildman–Crippen LogP) is 5.42. The van der Waals surface area contributed by atoms with E-state index in [9.17, 15) is 14.0 Å². The molecule has 0 saturated carbocycles. The summed E-state index contributed by atoms with van der Waals surface area (Å²) in [6.45, 7) is 0.0351. The number of hydrogen-bond donors (Lipinski definition) is 1. The third kappa shape index (κ3) is 6.49. The molecule has 6 rings (SSSR count). The zero-order valence-corrected chi connectivity index (χ0v) is 25.7. The van der Waals surface area contributed by atoms with Crippen molar-refractivity contribution in [2.45, 2.75) is 24.2 Å². The van der Waals surface area contributed by atoms with Crippen molar-refractivity contribution in [1.29, 1.82) is 0 Å². The smallest absolute Gasteiger partial charge is 0.287 e. The van der Waals surface area contributed by atoms with Gasteiger partial charge in [-0.05, 0) is 71.8 Å². The molecule has 5 aromatic rings. The van der Waals surface area contributed by atoms with E-state index in [0.29, 0.717) is 34.6 Å². The second-order valence-electron chi connectivity index (χ2n) is 10.1. The lowest BCUT2D eigenvalue weighted by Crippen LogP contribution is -2.28. The largest absolute Gasteiger partial charge is 0.497 e. The number of benzene rings is 3. The number of nitrogens with zero attached hydrogens (tertiary/aromatic N) is 5. The number of methoxy groups -OCH3 is 2. The molecule has 3 heterocycles. The number of furan rings is 1. The predicted molar refractivity (Wildman–Crippen MR) is 169 cm³/mol. The van der Waals surface area contributed by atoms with Crippen molar-refractivity contribution in [2.75, 3.05) is 20.0 Å². The fraction of sp³-hybridized carbons (Fsp3) is 0.182. The topological polar surface area (TPSA) is 124 Å². The first kappa shape index (κ1) is 30.6. The molecule has 46 heavy (non-hydrogen) atoms. The number of amides is 2. The average Bonchev–Trinajstić information content (AvgIpc) is 3.87. The van der Waals surface area contributed by atoms with Crippen LogP contribution < -0.4 is 14.8 Å². The minimum absolute atomic E-state index is 0.0247. The molecule has 1 aliphatic rings. The van der Waals surface area contributed by atoms with E-state index in [1.165, 1.54) is 35.2 Å². The number of nitrogens with one attached hydrogen (secondary N) is 1. The van der Waals surface area contributed by atoms with Crippen LogP contribution in [-0.4, -0.2) is 57.3 Å². The quantitative estimate of drug-likeness (QED) is 0.190. The van der Waals surface area contributed by atoms with E-state index in [0.717, 1.165) is 16.8 Å². The lowest BCUT2D eigenvalue weighted by molar-refractivity contribution is -0.130. The number of carbonyl (C=O) groups excluding carboxylic acids is 2. The van der Waals surface area contributed by atoms with Gasteiger partial charge < -0.3 is 19.2 Å². The number of para-hydroxylation sites is 2. The van der Waals surface area contributed by atoms with Crippen LogP contribution in [0.3, 0.4) is 0 Å². The first-order chi connectivity index (χ1) is 22.4. The maximum atomic E-state index is 13.8. The van der Waals surface area contributed by atoms with E-state index in [4.69, 9.17) is 19.0 Å². The number of hydrogen-bond acceptors (Lipinski definition) is 9. The average molecular weight is 641 g/mol. The van der Waals surface area contributed by atoms with Crippen LogP contribution in [0.5, 0.6) is 11.5 Å². The Morgan fingerprint density at radius 3 is 2.48 bits per heavy atom. The van der Waals surface area contributed by atoms with E-state index in [2.05, 4.69) is 15.5 Å². The highest BCUT2D eigenvalue weighted by Crippen LogP contribution is 2.35. The van der Waals surface area contributed by atoms with Crippen LogP contribution >= 0.6 is 11.8 Å². The molecule has 11 nitrogen and oxygen atoms in total. The second-order valence-corrected chi connectivity index (χ2v) is 11.1. The second kappa shape index (κ2) is 13.7. The molecule has 0 radical (unpaired) electrons. The standard InChI is InChI=1S/C33H29FN6O5S/c1-43-24-15-11-21(12-16-24)25-18-27(22-9-13-23(34)14-10-22)40(38-25)31(41)20-46-33-37-36-30(19-35-32(42)29-8-5-17-45-29)39(33)26-6-3-4-7-28(26)44-2/h3-17,27H,18-20H2,1-2H3,(H,35,42)/t27-/m0/s1. The molecule has 1 atom stereocenters. The third-order valence-electron chi connectivity index (χ3n) is 7.35. The van der Waals surface area contributed by atoms with Gasteiger partial charge in [-0.25, -0.2) is 9.40 Å². The maximum Gasteiger partial charge on any atom is 0.287 e. The zero-order valence-electron chi connectivity index (χ0n) is 24.9. The highest BCUT2D eigenvalue weighted by atomic mass is 32.2. The van der Waals surface area contributed by atoms with Crippen molar-refractivity contribution >= 4 is 29.3 Å². The molecule has 0 bridgehead atoms. The molecule has 0 fully saturated rings.